The molecule has 23 heavy (non-hydrogen) atoms. The van der Waals surface area contributed by atoms with Crippen molar-refractivity contribution in [1.82, 2.24) is 0 Å². The molecule has 0 aliphatic heterocycles. The summed E-state index contributed by atoms with van der Waals surface area (Å²) in [6.07, 6.45) is 0.704. The van der Waals surface area contributed by atoms with Crippen molar-refractivity contribution in [3.63, 3.8) is 0 Å². The fourth-order valence-electron chi connectivity index (χ4n) is 2.66. The summed E-state index contributed by atoms with van der Waals surface area (Å²) in [5.74, 6) is 0.417. The number of phenols is 1. The lowest BCUT2D eigenvalue weighted by atomic mass is 9.78. The summed E-state index contributed by atoms with van der Waals surface area (Å²) in [4.78, 5) is 0. The molecule has 2 rings (SSSR count). The number of phenolic OH excluding ortho intramolecular Hbond substituents is 1. The van der Waals surface area contributed by atoms with Gasteiger partial charge in [-0.1, -0.05) is 77.4 Å². The highest BCUT2D eigenvalue weighted by atomic mass is 35.5. The molecule has 0 aliphatic carbocycles. The zero-order valence-corrected chi connectivity index (χ0v) is 15.8. The van der Waals surface area contributed by atoms with Gasteiger partial charge in [0.2, 0.25) is 0 Å². The fourth-order valence-corrected chi connectivity index (χ4v) is 2.78. The molecule has 1 nitrogen and oxygen atoms in total. The molecule has 0 amide bonds. The fraction of sp³-hybridized carbons (Fsp3) is 0.429. The van der Waals surface area contributed by atoms with Gasteiger partial charge in [0.15, 0.2) is 0 Å². The lowest BCUT2D eigenvalue weighted by molar-refractivity contribution is 0.439. The summed E-state index contributed by atoms with van der Waals surface area (Å²) in [5, 5.41) is 11.5. The second-order valence-corrected chi connectivity index (χ2v) is 8.77. The molecular formula is C21H27ClO. The Labute approximate surface area is 145 Å². The summed E-state index contributed by atoms with van der Waals surface area (Å²) in [6, 6.07) is 12.1. The van der Waals surface area contributed by atoms with Crippen LogP contribution in [0.15, 0.2) is 36.4 Å². The maximum Gasteiger partial charge on any atom is 0.122 e. The zero-order valence-electron chi connectivity index (χ0n) is 15.0. The molecule has 0 saturated heterocycles. The van der Waals surface area contributed by atoms with E-state index in [2.05, 4.69) is 53.7 Å². The van der Waals surface area contributed by atoms with E-state index in [1.807, 2.05) is 24.3 Å². The Balaban J connectivity index is 2.55. The van der Waals surface area contributed by atoms with Gasteiger partial charge in [0.25, 0.3) is 0 Å². The van der Waals surface area contributed by atoms with Crippen LogP contribution in [0.3, 0.4) is 0 Å². The SMILES string of the molecule is CC(C)(C)c1cc(Cc2ccc(Cl)cc2)c(O)c(C(C)(C)C)c1. The topological polar surface area (TPSA) is 20.2 Å². The highest BCUT2D eigenvalue weighted by molar-refractivity contribution is 6.30. The number of hydrogen-bond acceptors (Lipinski definition) is 1. The molecule has 0 spiro atoms. The number of aromatic hydroxyl groups is 1. The van der Waals surface area contributed by atoms with Gasteiger partial charge in [-0.3, -0.25) is 0 Å². The van der Waals surface area contributed by atoms with Crippen molar-refractivity contribution in [2.24, 2.45) is 0 Å². The number of halogens is 1. The Morgan fingerprint density at radius 3 is 1.91 bits per heavy atom. The van der Waals surface area contributed by atoms with Crippen molar-refractivity contribution >= 4 is 11.6 Å². The molecular weight excluding hydrogens is 304 g/mol. The van der Waals surface area contributed by atoms with Gasteiger partial charge in [-0.2, -0.15) is 0 Å². The van der Waals surface area contributed by atoms with Gasteiger partial charge in [-0.15, -0.1) is 0 Å². The van der Waals surface area contributed by atoms with Crippen LogP contribution < -0.4 is 0 Å². The van der Waals surface area contributed by atoms with E-state index in [0.29, 0.717) is 12.2 Å². The minimum Gasteiger partial charge on any atom is -0.507 e. The smallest absolute Gasteiger partial charge is 0.122 e. The lowest BCUT2D eigenvalue weighted by Gasteiger charge is -2.27. The van der Waals surface area contributed by atoms with Crippen LogP contribution in [0.1, 0.15) is 63.8 Å². The predicted molar refractivity (Wildman–Crippen MR) is 99.8 cm³/mol. The summed E-state index contributed by atoms with van der Waals surface area (Å²) in [5.41, 5.74) is 4.33. The second-order valence-electron chi connectivity index (χ2n) is 8.33. The van der Waals surface area contributed by atoms with Crippen LogP contribution >= 0.6 is 11.6 Å². The van der Waals surface area contributed by atoms with Gasteiger partial charge in [0.05, 0.1) is 0 Å². The van der Waals surface area contributed by atoms with Gasteiger partial charge in [-0.25, -0.2) is 0 Å². The van der Waals surface area contributed by atoms with Crippen LogP contribution in [-0.4, -0.2) is 5.11 Å². The molecule has 0 atom stereocenters. The van der Waals surface area contributed by atoms with Crippen molar-refractivity contribution in [3.8, 4) is 5.75 Å². The third kappa shape index (κ3) is 4.29. The lowest BCUT2D eigenvalue weighted by Crippen LogP contribution is -2.17. The van der Waals surface area contributed by atoms with E-state index >= 15 is 0 Å². The Morgan fingerprint density at radius 1 is 0.870 bits per heavy atom. The molecule has 2 heteroatoms. The molecule has 0 fully saturated rings. The van der Waals surface area contributed by atoms with Crippen molar-refractivity contribution in [2.75, 3.05) is 0 Å². The van der Waals surface area contributed by atoms with Crippen molar-refractivity contribution in [3.05, 3.63) is 63.7 Å². The molecule has 0 bridgehead atoms. The average Bonchev–Trinajstić information content (AvgIpc) is 2.41. The predicted octanol–water partition coefficient (Wildman–Crippen LogP) is 6.23. The Kier molecular flexibility index (Phi) is 4.82. The zero-order chi connectivity index (χ0) is 17.4. The third-order valence-electron chi connectivity index (χ3n) is 4.17. The highest BCUT2D eigenvalue weighted by Crippen LogP contribution is 2.38. The largest absolute Gasteiger partial charge is 0.507 e. The quantitative estimate of drug-likeness (QED) is 0.691. The maximum absolute atomic E-state index is 10.8. The van der Waals surface area contributed by atoms with Crippen LogP contribution in [-0.2, 0) is 17.3 Å². The standard InChI is InChI=1S/C21H27ClO/c1-20(2,3)16-12-15(11-14-7-9-17(22)10-8-14)19(23)18(13-16)21(4,5)6/h7-10,12-13,23H,11H2,1-6H3. The molecule has 0 aliphatic rings. The van der Waals surface area contributed by atoms with Crippen molar-refractivity contribution < 1.29 is 5.11 Å². The first-order valence-corrected chi connectivity index (χ1v) is 8.47. The van der Waals surface area contributed by atoms with E-state index in [-0.39, 0.29) is 10.8 Å². The van der Waals surface area contributed by atoms with Crippen molar-refractivity contribution in [2.45, 2.75) is 58.8 Å². The molecule has 0 saturated carbocycles. The van der Waals surface area contributed by atoms with E-state index in [4.69, 9.17) is 11.6 Å². The van der Waals surface area contributed by atoms with Crippen LogP contribution in [0, 0.1) is 0 Å². The van der Waals surface area contributed by atoms with Crippen LogP contribution in [0.2, 0.25) is 5.02 Å². The summed E-state index contributed by atoms with van der Waals surface area (Å²) < 4.78 is 0. The number of hydrogen-bond donors (Lipinski definition) is 1. The summed E-state index contributed by atoms with van der Waals surface area (Å²) in [6.45, 7) is 13.0. The number of rotatable bonds is 2. The first-order chi connectivity index (χ1) is 10.5. The van der Waals surface area contributed by atoms with Crippen LogP contribution in [0.25, 0.3) is 0 Å². The first kappa shape index (κ1) is 17.9. The molecule has 2 aromatic carbocycles. The maximum atomic E-state index is 10.8. The van der Waals surface area contributed by atoms with Gasteiger partial charge >= 0.3 is 0 Å². The summed E-state index contributed by atoms with van der Waals surface area (Å²) >= 11 is 5.97. The van der Waals surface area contributed by atoms with E-state index < -0.39 is 0 Å². The molecule has 1 N–H and O–H groups in total. The van der Waals surface area contributed by atoms with Crippen molar-refractivity contribution in [1.29, 1.82) is 0 Å². The van der Waals surface area contributed by atoms with Crippen LogP contribution in [0.4, 0.5) is 0 Å². The molecule has 124 valence electrons. The average molecular weight is 331 g/mol. The van der Waals surface area contributed by atoms with Gasteiger partial charge in [0.1, 0.15) is 5.75 Å². The minimum absolute atomic E-state index is 0.0441. The minimum atomic E-state index is -0.0971. The monoisotopic (exact) mass is 330 g/mol. The molecule has 2 aromatic rings. The Bertz CT molecular complexity index is 686. The van der Waals surface area contributed by atoms with E-state index in [1.54, 1.807) is 0 Å². The highest BCUT2D eigenvalue weighted by Gasteiger charge is 2.24. The third-order valence-corrected chi connectivity index (χ3v) is 4.42. The van der Waals surface area contributed by atoms with Gasteiger partial charge in [0, 0.05) is 11.4 Å². The second kappa shape index (κ2) is 6.20. The molecule has 0 radical (unpaired) electrons. The molecule has 0 heterocycles. The first-order valence-electron chi connectivity index (χ1n) is 8.10. The normalized spacial score (nSPS) is 12.5. The molecule has 0 aromatic heterocycles. The Hall–Kier alpha value is -1.47. The van der Waals surface area contributed by atoms with Gasteiger partial charge in [-0.05, 0) is 45.2 Å². The molecule has 0 unspecified atom stereocenters. The van der Waals surface area contributed by atoms with E-state index in [9.17, 15) is 5.11 Å². The van der Waals surface area contributed by atoms with E-state index in [1.165, 1.54) is 5.56 Å². The van der Waals surface area contributed by atoms with Crippen LogP contribution in [0.5, 0.6) is 5.75 Å². The Morgan fingerprint density at radius 2 is 1.43 bits per heavy atom. The van der Waals surface area contributed by atoms with Gasteiger partial charge < -0.3 is 5.11 Å². The number of benzene rings is 2. The summed E-state index contributed by atoms with van der Waals surface area (Å²) in [7, 11) is 0. The van der Waals surface area contributed by atoms with E-state index in [0.717, 1.165) is 21.7 Å².